The van der Waals surface area contributed by atoms with Crippen LogP contribution in [0.1, 0.15) is 56.2 Å². The number of benzene rings is 3. The van der Waals surface area contributed by atoms with Crippen molar-refractivity contribution in [3.05, 3.63) is 87.0 Å². The third kappa shape index (κ3) is 7.95. The summed E-state index contributed by atoms with van der Waals surface area (Å²) in [6, 6.07) is 14.0. The fourth-order valence-corrected chi connectivity index (χ4v) is 3.39. The highest BCUT2D eigenvalue weighted by atomic mass is 16.5. The molecule has 34 heavy (non-hydrogen) atoms. The van der Waals surface area contributed by atoms with Gasteiger partial charge in [0.1, 0.15) is 23.5 Å². The lowest BCUT2D eigenvalue weighted by atomic mass is 10.0. The van der Waals surface area contributed by atoms with E-state index in [0.29, 0.717) is 5.56 Å². The molecule has 0 bridgehead atoms. The van der Waals surface area contributed by atoms with Gasteiger partial charge in [-0.15, -0.1) is 0 Å². The average molecular weight is 465 g/mol. The molecule has 0 radical (unpaired) electrons. The van der Waals surface area contributed by atoms with Crippen molar-refractivity contribution in [2.24, 2.45) is 0 Å². The maximum atomic E-state index is 10.5. The van der Waals surface area contributed by atoms with E-state index in [1.165, 1.54) is 27.8 Å². The second-order valence-corrected chi connectivity index (χ2v) is 8.28. The van der Waals surface area contributed by atoms with E-state index in [1.54, 1.807) is 27.4 Å². The minimum atomic E-state index is 0.662. The maximum Gasteiger partial charge on any atom is 0.150 e. The van der Waals surface area contributed by atoms with Crippen molar-refractivity contribution in [1.29, 1.82) is 0 Å². The van der Waals surface area contributed by atoms with Crippen molar-refractivity contribution in [3.8, 4) is 17.2 Å². The number of aldehydes is 1. The molecule has 0 atom stereocenters. The summed E-state index contributed by atoms with van der Waals surface area (Å²) in [4.78, 5) is 10.5. The van der Waals surface area contributed by atoms with E-state index in [1.807, 2.05) is 32.0 Å². The Bertz CT molecular complexity index is 1080. The number of carbonyl (C=O) groups excluding carboxylic acids is 1. The van der Waals surface area contributed by atoms with Crippen molar-refractivity contribution >= 4 is 6.29 Å². The van der Waals surface area contributed by atoms with Gasteiger partial charge in [-0.3, -0.25) is 4.79 Å². The normalized spacial score (nSPS) is 9.71. The highest BCUT2D eigenvalue weighted by Crippen LogP contribution is 2.24. The molecule has 0 N–H and O–H groups in total. The molecule has 0 amide bonds. The molecule has 3 aromatic rings. The van der Waals surface area contributed by atoms with Gasteiger partial charge in [0.05, 0.1) is 21.3 Å². The summed E-state index contributed by atoms with van der Waals surface area (Å²) < 4.78 is 15.5. The van der Waals surface area contributed by atoms with E-state index in [0.717, 1.165) is 41.1 Å². The second kappa shape index (κ2) is 14.1. The van der Waals surface area contributed by atoms with Crippen LogP contribution in [-0.2, 0) is 6.42 Å². The van der Waals surface area contributed by atoms with E-state index in [2.05, 4.69) is 52.8 Å². The fraction of sp³-hybridized carbons (Fsp3) is 0.367. The van der Waals surface area contributed by atoms with Gasteiger partial charge in [0, 0.05) is 5.56 Å². The molecule has 0 fully saturated rings. The van der Waals surface area contributed by atoms with Gasteiger partial charge in [0.2, 0.25) is 0 Å². The Kier molecular flexibility index (Phi) is 11.9. The van der Waals surface area contributed by atoms with E-state index in [9.17, 15) is 4.79 Å². The highest BCUT2D eigenvalue weighted by Gasteiger charge is 2.04. The number of ether oxygens (including phenoxy) is 3. The molecule has 4 nitrogen and oxygen atoms in total. The fourth-order valence-electron chi connectivity index (χ4n) is 3.39. The second-order valence-electron chi connectivity index (χ2n) is 8.28. The Hall–Kier alpha value is -3.27. The van der Waals surface area contributed by atoms with Gasteiger partial charge < -0.3 is 14.2 Å². The lowest BCUT2D eigenvalue weighted by Gasteiger charge is -2.09. The molecule has 0 spiro atoms. The van der Waals surface area contributed by atoms with Crippen LogP contribution in [0.4, 0.5) is 0 Å². The van der Waals surface area contributed by atoms with Crippen LogP contribution in [0.2, 0.25) is 0 Å². The average Bonchev–Trinajstić information content (AvgIpc) is 2.84. The summed E-state index contributed by atoms with van der Waals surface area (Å²) in [6.07, 6.45) is 1.90. The van der Waals surface area contributed by atoms with Crippen LogP contribution in [0.15, 0.2) is 42.5 Å². The lowest BCUT2D eigenvalue weighted by Crippen LogP contribution is -1.92. The van der Waals surface area contributed by atoms with Crippen molar-refractivity contribution in [2.75, 3.05) is 21.3 Å². The summed E-state index contributed by atoms with van der Waals surface area (Å²) >= 11 is 0. The third-order valence-electron chi connectivity index (χ3n) is 6.08. The van der Waals surface area contributed by atoms with Gasteiger partial charge in [0.25, 0.3) is 0 Å². The quantitative estimate of drug-likeness (QED) is 0.371. The monoisotopic (exact) mass is 464 g/mol. The summed E-state index contributed by atoms with van der Waals surface area (Å²) in [6.45, 7) is 14.5. The van der Waals surface area contributed by atoms with Crippen molar-refractivity contribution in [1.82, 2.24) is 0 Å². The smallest absolute Gasteiger partial charge is 0.150 e. The van der Waals surface area contributed by atoms with E-state index >= 15 is 0 Å². The molecule has 0 aliphatic carbocycles. The van der Waals surface area contributed by atoms with E-state index < -0.39 is 0 Å². The van der Waals surface area contributed by atoms with Crippen molar-refractivity contribution in [3.63, 3.8) is 0 Å². The van der Waals surface area contributed by atoms with Gasteiger partial charge in [-0.05, 0) is 111 Å². The van der Waals surface area contributed by atoms with Gasteiger partial charge in [0.15, 0.2) is 0 Å². The molecule has 0 saturated carbocycles. The summed E-state index contributed by atoms with van der Waals surface area (Å²) in [5.41, 5.74) is 9.23. The third-order valence-corrected chi connectivity index (χ3v) is 6.08. The number of carbonyl (C=O) groups is 1. The molecule has 184 valence electrons. The molecule has 0 heterocycles. The van der Waals surface area contributed by atoms with Crippen LogP contribution in [0, 0.1) is 41.5 Å². The topological polar surface area (TPSA) is 44.8 Å². The van der Waals surface area contributed by atoms with E-state index in [-0.39, 0.29) is 0 Å². The standard InChI is InChI=1S/C11H16O.C10H12O2.C9H12O/c1-5-10-6-8(2)9(3)11(7-10)12-4;1-7-4-9(6-11)5-10(12-3)8(7)2;1-7-5-4-6-9(10-3)8(7)2/h6-7H,5H2,1-4H3;4-6H,1-3H3;4-6H,1-3H3. The molecule has 0 saturated heterocycles. The molecule has 4 heteroatoms. The van der Waals surface area contributed by atoms with Gasteiger partial charge >= 0.3 is 0 Å². The van der Waals surface area contributed by atoms with E-state index in [4.69, 9.17) is 14.2 Å². The molecular formula is C30H40O4. The van der Waals surface area contributed by atoms with Crippen LogP contribution in [-0.4, -0.2) is 27.6 Å². The number of aryl methyl sites for hydroxylation is 4. The number of rotatable bonds is 5. The Labute approximate surface area is 205 Å². The first kappa shape index (κ1) is 28.8. The maximum absolute atomic E-state index is 10.5. The van der Waals surface area contributed by atoms with Crippen molar-refractivity contribution in [2.45, 2.75) is 54.9 Å². The molecule has 0 aliphatic heterocycles. The first-order valence-electron chi connectivity index (χ1n) is 11.5. The molecular weight excluding hydrogens is 424 g/mol. The Morgan fingerprint density at radius 1 is 0.647 bits per heavy atom. The van der Waals surface area contributed by atoms with Gasteiger partial charge in [-0.1, -0.05) is 25.1 Å². The zero-order valence-electron chi connectivity index (χ0n) is 22.5. The minimum absolute atomic E-state index is 0.662. The summed E-state index contributed by atoms with van der Waals surface area (Å²) in [7, 11) is 5.03. The van der Waals surface area contributed by atoms with Crippen LogP contribution in [0.3, 0.4) is 0 Å². The molecule has 0 aliphatic rings. The number of hydrogen-bond acceptors (Lipinski definition) is 4. The predicted molar refractivity (Wildman–Crippen MR) is 142 cm³/mol. The van der Waals surface area contributed by atoms with Crippen LogP contribution >= 0.6 is 0 Å². The van der Waals surface area contributed by atoms with Gasteiger partial charge in [-0.2, -0.15) is 0 Å². The zero-order valence-corrected chi connectivity index (χ0v) is 22.5. The predicted octanol–water partition coefficient (Wildman–Crippen LogP) is 7.31. The Morgan fingerprint density at radius 3 is 1.62 bits per heavy atom. The summed E-state index contributed by atoms with van der Waals surface area (Å²) in [5, 5.41) is 0. The highest BCUT2D eigenvalue weighted by molar-refractivity contribution is 5.76. The van der Waals surface area contributed by atoms with Crippen molar-refractivity contribution < 1.29 is 19.0 Å². The SMILES string of the molecule is CCc1cc(C)c(C)c(OC)c1.COc1cc(C=O)cc(C)c1C.COc1cccc(C)c1C. The molecule has 0 unspecified atom stereocenters. The number of methoxy groups -OCH3 is 3. The van der Waals surface area contributed by atoms with Gasteiger partial charge in [-0.25, -0.2) is 0 Å². The number of hydrogen-bond donors (Lipinski definition) is 0. The molecule has 3 aromatic carbocycles. The van der Waals surface area contributed by atoms with Crippen LogP contribution in [0.25, 0.3) is 0 Å². The largest absolute Gasteiger partial charge is 0.496 e. The first-order chi connectivity index (χ1) is 16.1. The molecule has 0 aromatic heterocycles. The summed E-state index contributed by atoms with van der Waals surface area (Å²) in [5.74, 6) is 2.75. The van der Waals surface area contributed by atoms with Crippen LogP contribution < -0.4 is 14.2 Å². The first-order valence-corrected chi connectivity index (χ1v) is 11.5. The Balaban J connectivity index is 0.000000256. The van der Waals surface area contributed by atoms with Crippen LogP contribution in [0.5, 0.6) is 17.2 Å². The molecule has 3 rings (SSSR count). The lowest BCUT2D eigenvalue weighted by molar-refractivity contribution is 0.112. The zero-order chi connectivity index (χ0) is 25.8. The minimum Gasteiger partial charge on any atom is -0.496 e. The Morgan fingerprint density at radius 2 is 1.15 bits per heavy atom.